The molecule has 2 N–H and O–H groups in total. The minimum atomic E-state index is -3.01. The lowest BCUT2D eigenvalue weighted by Crippen LogP contribution is -2.14. The molecule has 1 heterocycles. The predicted octanol–water partition coefficient (Wildman–Crippen LogP) is 5.55. The van der Waals surface area contributed by atoms with Gasteiger partial charge in [0.1, 0.15) is 11.4 Å². The highest BCUT2D eigenvalue weighted by atomic mass is 35.5. The molecule has 1 aromatic heterocycles. The summed E-state index contributed by atoms with van der Waals surface area (Å²) in [6, 6.07) is 10.9. The summed E-state index contributed by atoms with van der Waals surface area (Å²) in [5.41, 5.74) is 1.99. The molecule has 0 aliphatic rings. The highest BCUT2D eigenvalue weighted by molar-refractivity contribution is 6.36. The normalized spacial score (nSPS) is 10.9. The van der Waals surface area contributed by atoms with Gasteiger partial charge in [-0.25, -0.2) is 0 Å². The predicted molar refractivity (Wildman–Crippen MR) is 99.8 cm³/mol. The number of halogens is 4. The third-order valence-electron chi connectivity index (χ3n) is 3.63. The van der Waals surface area contributed by atoms with Crippen LogP contribution in [-0.2, 0) is 0 Å². The molecule has 1 amide bonds. The number of nitrogens with zero attached hydrogens (tertiary/aromatic N) is 1. The van der Waals surface area contributed by atoms with Gasteiger partial charge in [-0.1, -0.05) is 29.3 Å². The van der Waals surface area contributed by atoms with Crippen LogP contribution in [0.4, 0.5) is 14.5 Å². The van der Waals surface area contributed by atoms with Gasteiger partial charge in [-0.05, 0) is 48.9 Å². The number of amides is 1. The zero-order chi connectivity index (χ0) is 19.6. The minimum absolute atomic E-state index is 0.117. The second-order valence-electron chi connectivity index (χ2n) is 5.62. The number of aryl methyl sites for hydroxylation is 1. The van der Waals surface area contributed by atoms with E-state index in [9.17, 15) is 13.6 Å². The van der Waals surface area contributed by atoms with E-state index in [0.717, 1.165) is 0 Å². The topological polar surface area (TPSA) is 67.0 Å². The molecule has 140 valence electrons. The summed E-state index contributed by atoms with van der Waals surface area (Å²) < 4.78 is 29.6. The zero-order valence-corrected chi connectivity index (χ0v) is 15.4. The lowest BCUT2D eigenvalue weighted by Gasteiger charge is -2.12. The standard InChI is InChI=1S/C18H13Cl2F2N3O2/c1-9-2-5-13(16(6-9)27-18(21)22)23-17(26)15-8-14(24-25-15)11-4-3-10(19)7-12(11)20/h2-8,18H,1H3,(H,23,26)(H,24,25). The van der Waals surface area contributed by atoms with Crippen LogP contribution in [0.1, 0.15) is 16.1 Å². The summed E-state index contributed by atoms with van der Waals surface area (Å²) in [6.45, 7) is -1.28. The van der Waals surface area contributed by atoms with Gasteiger partial charge in [0.05, 0.1) is 16.4 Å². The number of rotatable bonds is 5. The Bertz CT molecular complexity index is 992. The summed E-state index contributed by atoms with van der Waals surface area (Å²) in [5.74, 6) is -0.694. The minimum Gasteiger partial charge on any atom is -0.433 e. The molecule has 3 aromatic rings. The van der Waals surface area contributed by atoms with Crippen molar-refractivity contribution in [2.75, 3.05) is 5.32 Å². The molecule has 0 fully saturated rings. The van der Waals surface area contributed by atoms with Crippen molar-refractivity contribution in [3.8, 4) is 17.0 Å². The summed E-state index contributed by atoms with van der Waals surface area (Å²) in [4.78, 5) is 12.4. The number of benzene rings is 2. The molecule has 2 aromatic carbocycles. The molecule has 0 radical (unpaired) electrons. The van der Waals surface area contributed by atoms with E-state index in [-0.39, 0.29) is 17.1 Å². The summed E-state index contributed by atoms with van der Waals surface area (Å²) in [6.07, 6.45) is 0. The smallest absolute Gasteiger partial charge is 0.387 e. The van der Waals surface area contributed by atoms with E-state index in [2.05, 4.69) is 20.3 Å². The van der Waals surface area contributed by atoms with Crippen LogP contribution in [0.2, 0.25) is 10.0 Å². The Labute approximate surface area is 163 Å². The average molecular weight is 412 g/mol. The van der Waals surface area contributed by atoms with E-state index >= 15 is 0 Å². The zero-order valence-electron chi connectivity index (χ0n) is 13.9. The van der Waals surface area contributed by atoms with Crippen LogP contribution in [0.15, 0.2) is 42.5 Å². The molecule has 0 saturated carbocycles. The molecular formula is C18H13Cl2F2N3O2. The fourth-order valence-corrected chi connectivity index (χ4v) is 2.89. The van der Waals surface area contributed by atoms with Crippen LogP contribution in [0.25, 0.3) is 11.3 Å². The number of hydrogen-bond acceptors (Lipinski definition) is 3. The Morgan fingerprint density at radius 3 is 2.67 bits per heavy atom. The number of nitrogens with one attached hydrogen (secondary N) is 2. The average Bonchev–Trinajstić information content (AvgIpc) is 3.06. The molecule has 0 saturated heterocycles. The van der Waals surface area contributed by atoms with Crippen molar-refractivity contribution < 1.29 is 18.3 Å². The van der Waals surface area contributed by atoms with E-state index in [1.807, 2.05) is 0 Å². The number of ether oxygens (including phenoxy) is 1. The summed E-state index contributed by atoms with van der Waals surface area (Å²) >= 11 is 12.0. The van der Waals surface area contributed by atoms with Gasteiger partial charge in [0.2, 0.25) is 0 Å². The van der Waals surface area contributed by atoms with Gasteiger partial charge >= 0.3 is 6.61 Å². The molecule has 9 heteroatoms. The van der Waals surface area contributed by atoms with Gasteiger partial charge < -0.3 is 10.1 Å². The third kappa shape index (κ3) is 4.56. The van der Waals surface area contributed by atoms with Gasteiger partial charge in [0.15, 0.2) is 0 Å². The van der Waals surface area contributed by atoms with Crippen molar-refractivity contribution in [2.24, 2.45) is 0 Å². The van der Waals surface area contributed by atoms with Gasteiger partial charge in [0.25, 0.3) is 5.91 Å². The lowest BCUT2D eigenvalue weighted by atomic mass is 10.1. The Balaban J connectivity index is 1.83. The quantitative estimate of drug-likeness (QED) is 0.578. The Kier molecular flexibility index (Phi) is 5.62. The number of aromatic amines is 1. The SMILES string of the molecule is Cc1ccc(NC(=O)c2cc(-c3ccc(Cl)cc3Cl)n[nH]2)c(OC(F)F)c1. The summed E-state index contributed by atoms with van der Waals surface area (Å²) in [5, 5.41) is 10.0. The van der Waals surface area contributed by atoms with E-state index in [1.165, 1.54) is 18.2 Å². The molecular weight excluding hydrogens is 399 g/mol. The highest BCUT2D eigenvalue weighted by Gasteiger charge is 2.16. The van der Waals surface area contributed by atoms with Crippen molar-refractivity contribution in [3.05, 3.63) is 63.8 Å². The number of carbonyl (C=O) groups is 1. The number of carbonyl (C=O) groups excluding carboxylic acids is 1. The van der Waals surface area contributed by atoms with Crippen LogP contribution >= 0.6 is 23.2 Å². The maximum absolute atomic E-state index is 12.6. The number of aromatic nitrogens is 2. The van der Waals surface area contributed by atoms with Crippen LogP contribution in [0.3, 0.4) is 0 Å². The third-order valence-corrected chi connectivity index (χ3v) is 4.18. The van der Waals surface area contributed by atoms with Gasteiger partial charge in [-0.3, -0.25) is 9.89 Å². The number of alkyl halides is 2. The first-order chi connectivity index (χ1) is 12.8. The summed E-state index contributed by atoms with van der Waals surface area (Å²) in [7, 11) is 0. The van der Waals surface area contributed by atoms with Crippen molar-refractivity contribution in [1.29, 1.82) is 0 Å². The molecule has 5 nitrogen and oxygen atoms in total. The first-order valence-corrected chi connectivity index (χ1v) is 8.46. The first kappa shape index (κ1) is 19.1. The molecule has 0 aliphatic heterocycles. The van der Waals surface area contributed by atoms with Gasteiger partial charge in [-0.15, -0.1) is 0 Å². The van der Waals surface area contributed by atoms with E-state index in [0.29, 0.717) is 26.9 Å². The van der Waals surface area contributed by atoms with E-state index in [1.54, 1.807) is 31.2 Å². The maximum atomic E-state index is 12.6. The Morgan fingerprint density at radius 2 is 1.96 bits per heavy atom. The second kappa shape index (κ2) is 7.94. The molecule has 3 rings (SSSR count). The van der Waals surface area contributed by atoms with E-state index < -0.39 is 12.5 Å². The van der Waals surface area contributed by atoms with Crippen LogP contribution < -0.4 is 10.1 Å². The largest absolute Gasteiger partial charge is 0.433 e. The fraction of sp³-hybridized carbons (Fsp3) is 0.111. The van der Waals surface area contributed by atoms with Gasteiger partial charge in [-0.2, -0.15) is 13.9 Å². The molecule has 0 aliphatic carbocycles. The van der Waals surface area contributed by atoms with Crippen LogP contribution in [0, 0.1) is 6.92 Å². The van der Waals surface area contributed by atoms with Crippen molar-refractivity contribution in [3.63, 3.8) is 0 Å². The molecule has 27 heavy (non-hydrogen) atoms. The van der Waals surface area contributed by atoms with Crippen LogP contribution in [0.5, 0.6) is 5.75 Å². The molecule has 0 bridgehead atoms. The number of anilines is 1. The van der Waals surface area contributed by atoms with Crippen molar-refractivity contribution in [1.82, 2.24) is 10.2 Å². The van der Waals surface area contributed by atoms with E-state index in [4.69, 9.17) is 23.2 Å². The number of H-pyrrole nitrogens is 1. The molecule has 0 unspecified atom stereocenters. The van der Waals surface area contributed by atoms with Crippen LogP contribution in [-0.4, -0.2) is 22.7 Å². The van der Waals surface area contributed by atoms with Crippen molar-refractivity contribution in [2.45, 2.75) is 13.5 Å². The molecule has 0 spiro atoms. The van der Waals surface area contributed by atoms with Gasteiger partial charge in [0, 0.05) is 10.6 Å². The Morgan fingerprint density at radius 1 is 1.19 bits per heavy atom. The first-order valence-electron chi connectivity index (χ1n) is 7.71. The maximum Gasteiger partial charge on any atom is 0.387 e. The highest BCUT2D eigenvalue weighted by Crippen LogP contribution is 2.30. The van der Waals surface area contributed by atoms with Crippen molar-refractivity contribution >= 4 is 34.8 Å². The number of hydrogen-bond donors (Lipinski definition) is 2. The second-order valence-corrected chi connectivity index (χ2v) is 6.47. The molecule has 0 atom stereocenters. The lowest BCUT2D eigenvalue weighted by molar-refractivity contribution is -0.0494. The fourth-order valence-electron chi connectivity index (χ4n) is 2.39. The monoisotopic (exact) mass is 411 g/mol. The Hall–Kier alpha value is -2.64.